The van der Waals surface area contributed by atoms with Gasteiger partial charge in [-0.05, 0) is 59.4 Å². The Morgan fingerprint density at radius 3 is 2.59 bits per heavy atom. The van der Waals surface area contributed by atoms with Crippen LogP contribution >= 0.6 is 11.6 Å². The van der Waals surface area contributed by atoms with E-state index in [4.69, 9.17) is 11.6 Å². The molecule has 0 spiro atoms. The second-order valence-electron chi connectivity index (χ2n) is 6.84. The Labute approximate surface area is 162 Å². The predicted molar refractivity (Wildman–Crippen MR) is 103 cm³/mol. The highest BCUT2D eigenvalue weighted by atomic mass is 35.5. The smallest absolute Gasteiger partial charge is 0.255 e. The molecule has 2 aromatic carbocycles. The van der Waals surface area contributed by atoms with Gasteiger partial charge in [0.2, 0.25) is 0 Å². The fraction of sp³-hybridized carbons (Fsp3) is 0.300. The predicted octanol–water partition coefficient (Wildman–Crippen LogP) is 3.41. The first kappa shape index (κ1) is 17.7. The molecular formula is C20H20ClN5O. The van der Waals surface area contributed by atoms with Crippen molar-refractivity contribution in [1.29, 1.82) is 0 Å². The van der Waals surface area contributed by atoms with E-state index in [0.717, 1.165) is 32.4 Å². The number of nitrogens with zero attached hydrogens (tertiary/aromatic N) is 5. The Morgan fingerprint density at radius 1 is 1.11 bits per heavy atom. The highest BCUT2D eigenvalue weighted by Gasteiger charge is 2.25. The van der Waals surface area contributed by atoms with Crippen molar-refractivity contribution in [3.8, 4) is 5.69 Å². The second kappa shape index (κ2) is 7.88. The second-order valence-corrected chi connectivity index (χ2v) is 7.25. The molecule has 2 heterocycles. The summed E-state index contributed by atoms with van der Waals surface area (Å²) in [6.07, 6.45) is 4.57. The van der Waals surface area contributed by atoms with Gasteiger partial charge in [0.25, 0.3) is 5.91 Å². The van der Waals surface area contributed by atoms with E-state index >= 15 is 0 Å². The number of likely N-dealkylation sites (tertiary alicyclic amines) is 1. The lowest BCUT2D eigenvalue weighted by Gasteiger charge is -2.32. The minimum absolute atomic E-state index is 0.0342. The van der Waals surface area contributed by atoms with Crippen LogP contribution in [-0.2, 0) is 6.42 Å². The van der Waals surface area contributed by atoms with E-state index in [2.05, 4.69) is 39.8 Å². The average Bonchev–Trinajstić information content (AvgIpc) is 3.24. The van der Waals surface area contributed by atoms with Crippen molar-refractivity contribution in [3.63, 3.8) is 0 Å². The molecule has 138 valence electrons. The first-order valence-corrected chi connectivity index (χ1v) is 9.44. The summed E-state index contributed by atoms with van der Waals surface area (Å²) >= 11 is 6.30. The molecule has 0 saturated carbocycles. The summed E-state index contributed by atoms with van der Waals surface area (Å²) in [7, 11) is 0. The van der Waals surface area contributed by atoms with Crippen molar-refractivity contribution in [2.75, 3.05) is 13.1 Å². The summed E-state index contributed by atoms with van der Waals surface area (Å²) in [5, 5.41) is 11.6. The molecule has 1 saturated heterocycles. The molecule has 27 heavy (non-hydrogen) atoms. The van der Waals surface area contributed by atoms with Gasteiger partial charge in [0.15, 0.2) is 0 Å². The molecule has 0 N–H and O–H groups in total. The summed E-state index contributed by atoms with van der Waals surface area (Å²) in [5.41, 5.74) is 2.57. The molecule has 1 fully saturated rings. The molecule has 4 rings (SSSR count). The Kier molecular flexibility index (Phi) is 5.16. The SMILES string of the molecule is O=C(c1cc(-n2cnnn2)ccc1Cl)N1CCC(Cc2ccccc2)CC1. The van der Waals surface area contributed by atoms with Crippen molar-refractivity contribution in [2.45, 2.75) is 19.3 Å². The minimum Gasteiger partial charge on any atom is -0.339 e. The quantitative estimate of drug-likeness (QED) is 0.694. The van der Waals surface area contributed by atoms with Gasteiger partial charge in [-0.2, -0.15) is 0 Å². The van der Waals surface area contributed by atoms with Crippen LogP contribution in [0.2, 0.25) is 5.02 Å². The molecule has 0 bridgehead atoms. The fourth-order valence-corrected chi connectivity index (χ4v) is 3.76. The molecule has 6 nitrogen and oxygen atoms in total. The van der Waals surface area contributed by atoms with Crippen molar-refractivity contribution >= 4 is 17.5 Å². The van der Waals surface area contributed by atoms with Crippen LogP contribution in [0.3, 0.4) is 0 Å². The number of rotatable bonds is 4. The van der Waals surface area contributed by atoms with Crippen molar-refractivity contribution in [3.05, 3.63) is 71.0 Å². The maximum Gasteiger partial charge on any atom is 0.255 e. The van der Waals surface area contributed by atoms with Gasteiger partial charge in [-0.1, -0.05) is 41.9 Å². The van der Waals surface area contributed by atoms with Gasteiger partial charge in [-0.25, -0.2) is 4.68 Å². The van der Waals surface area contributed by atoms with Gasteiger partial charge in [-0.3, -0.25) is 4.79 Å². The maximum absolute atomic E-state index is 13.0. The molecule has 0 unspecified atom stereocenters. The zero-order valence-electron chi connectivity index (χ0n) is 14.8. The summed E-state index contributed by atoms with van der Waals surface area (Å²) in [6, 6.07) is 15.8. The normalized spacial score (nSPS) is 15.1. The molecule has 7 heteroatoms. The number of hydrogen-bond donors (Lipinski definition) is 0. The number of carbonyl (C=O) groups is 1. The zero-order valence-corrected chi connectivity index (χ0v) is 15.6. The van der Waals surface area contributed by atoms with Crippen LogP contribution in [0.15, 0.2) is 54.9 Å². The Balaban J connectivity index is 1.43. The number of halogens is 1. The third-order valence-corrected chi connectivity index (χ3v) is 5.39. The average molecular weight is 382 g/mol. The molecule has 1 aliphatic rings. The van der Waals surface area contributed by atoms with E-state index in [1.165, 1.54) is 16.6 Å². The van der Waals surface area contributed by atoms with Gasteiger partial charge < -0.3 is 4.90 Å². The van der Waals surface area contributed by atoms with Gasteiger partial charge in [0, 0.05) is 13.1 Å². The number of amides is 1. The highest BCUT2D eigenvalue weighted by molar-refractivity contribution is 6.33. The van der Waals surface area contributed by atoms with E-state index in [1.54, 1.807) is 18.2 Å². The van der Waals surface area contributed by atoms with E-state index in [9.17, 15) is 4.79 Å². The van der Waals surface area contributed by atoms with Crippen LogP contribution < -0.4 is 0 Å². The van der Waals surface area contributed by atoms with Gasteiger partial charge >= 0.3 is 0 Å². The number of piperidine rings is 1. The standard InChI is InChI=1S/C20H20ClN5O/c21-19-7-6-17(26-14-22-23-24-26)13-18(19)20(27)25-10-8-16(9-11-25)12-15-4-2-1-3-5-15/h1-7,13-14,16H,8-12H2. The van der Waals surface area contributed by atoms with Crippen LogP contribution in [0.5, 0.6) is 0 Å². The van der Waals surface area contributed by atoms with Gasteiger partial charge in [0.05, 0.1) is 16.3 Å². The molecule has 0 aliphatic carbocycles. The third-order valence-electron chi connectivity index (χ3n) is 5.06. The van der Waals surface area contributed by atoms with Crippen LogP contribution in [0, 0.1) is 5.92 Å². The molecule has 1 aliphatic heterocycles. The van der Waals surface area contributed by atoms with E-state index < -0.39 is 0 Å². The summed E-state index contributed by atoms with van der Waals surface area (Å²) in [6.45, 7) is 1.50. The van der Waals surface area contributed by atoms with Crippen molar-refractivity contribution in [2.24, 2.45) is 5.92 Å². The third kappa shape index (κ3) is 4.01. The minimum atomic E-state index is -0.0342. The Hall–Kier alpha value is -2.73. The number of aromatic nitrogens is 4. The van der Waals surface area contributed by atoms with Crippen molar-refractivity contribution in [1.82, 2.24) is 25.1 Å². The summed E-state index contributed by atoms with van der Waals surface area (Å²) in [4.78, 5) is 14.9. The van der Waals surface area contributed by atoms with Gasteiger partial charge in [0.1, 0.15) is 6.33 Å². The van der Waals surface area contributed by atoms with E-state index in [1.807, 2.05) is 11.0 Å². The Bertz CT molecular complexity index is 905. The zero-order chi connectivity index (χ0) is 18.6. The summed E-state index contributed by atoms with van der Waals surface area (Å²) in [5.74, 6) is 0.576. The lowest BCUT2D eigenvalue weighted by atomic mass is 9.90. The highest BCUT2D eigenvalue weighted by Crippen LogP contribution is 2.26. The van der Waals surface area contributed by atoms with E-state index in [-0.39, 0.29) is 5.91 Å². The molecule has 1 aromatic heterocycles. The molecule has 3 aromatic rings. The van der Waals surface area contributed by atoms with Gasteiger partial charge in [-0.15, -0.1) is 5.10 Å². The number of hydrogen-bond acceptors (Lipinski definition) is 4. The number of benzene rings is 2. The maximum atomic E-state index is 13.0. The van der Waals surface area contributed by atoms with Crippen LogP contribution in [0.1, 0.15) is 28.8 Å². The first-order chi connectivity index (χ1) is 13.2. The summed E-state index contributed by atoms with van der Waals surface area (Å²) < 4.78 is 1.51. The molecular weight excluding hydrogens is 362 g/mol. The lowest BCUT2D eigenvalue weighted by molar-refractivity contribution is 0.0690. The molecule has 0 radical (unpaired) electrons. The fourth-order valence-electron chi connectivity index (χ4n) is 3.56. The van der Waals surface area contributed by atoms with Crippen LogP contribution in [0.4, 0.5) is 0 Å². The molecule has 1 amide bonds. The van der Waals surface area contributed by atoms with Crippen LogP contribution in [-0.4, -0.2) is 44.1 Å². The topological polar surface area (TPSA) is 63.9 Å². The molecule has 0 atom stereocenters. The first-order valence-electron chi connectivity index (χ1n) is 9.07. The van der Waals surface area contributed by atoms with E-state index in [0.29, 0.717) is 22.2 Å². The Morgan fingerprint density at radius 2 is 1.89 bits per heavy atom. The van der Waals surface area contributed by atoms with Crippen molar-refractivity contribution < 1.29 is 4.79 Å². The largest absolute Gasteiger partial charge is 0.339 e. The monoisotopic (exact) mass is 381 g/mol. The number of carbonyl (C=O) groups excluding carboxylic acids is 1. The number of tetrazole rings is 1. The van der Waals surface area contributed by atoms with Crippen LogP contribution in [0.25, 0.3) is 5.69 Å². The lowest BCUT2D eigenvalue weighted by Crippen LogP contribution is -2.39.